The lowest BCUT2D eigenvalue weighted by Gasteiger charge is -2.03. The second kappa shape index (κ2) is 7.32. The molecular weight excluding hydrogens is 365 g/mol. The molecule has 4 rings (SSSR count). The van der Waals surface area contributed by atoms with Gasteiger partial charge in [-0.25, -0.2) is 4.39 Å². The van der Waals surface area contributed by atoms with E-state index in [1.807, 2.05) is 30.7 Å². The molecule has 8 heteroatoms. The molecule has 3 heterocycles. The third-order valence-electron chi connectivity index (χ3n) is 4.24. The fourth-order valence-corrected chi connectivity index (χ4v) is 3.61. The van der Waals surface area contributed by atoms with Crippen LogP contribution in [0.3, 0.4) is 0 Å². The minimum Gasteiger partial charge on any atom is -0.356 e. The predicted molar refractivity (Wildman–Crippen MR) is 100 cm³/mol. The molecule has 3 aromatic heterocycles. The third-order valence-corrected chi connectivity index (χ3v) is 5.27. The Hall–Kier alpha value is -3.00. The van der Waals surface area contributed by atoms with E-state index in [-0.39, 0.29) is 5.82 Å². The molecule has 0 aliphatic heterocycles. The van der Waals surface area contributed by atoms with E-state index < -0.39 is 0 Å². The molecule has 0 aliphatic rings. The van der Waals surface area contributed by atoms with Crippen LogP contribution in [0.4, 0.5) is 4.39 Å². The van der Waals surface area contributed by atoms with Crippen LogP contribution in [0.15, 0.2) is 58.5 Å². The van der Waals surface area contributed by atoms with Crippen molar-refractivity contribution in [3.63, 3.8) is 0 Å². The fourth-order valence-electron chi connectivity index (χ4n) is 2.70. The summed E-state index contributed by atoms with van der Waals surface area (Å²) in [6, 6.07) is 9.98. The number of benzene rings is 1. The Kier molecular flexibility index (Phi) is 4.72. The highest BCUT2D eigenvalue weighted by Gasteiger charge is 2.16. The average molecular weight is 381 g/mol. The van der Waals surface area contributed by atoms with Crippen LogP contribution >= 0.6 is 11.8 Å². The Labute approximate surface area is 159 Å². The number of hydrogen-bond donors (Lipinski definition) is 0. The molecule has 6 nitrogen and oxygen atoms in total. The maximum absolute atomic E-state index is 13.1. The van der Waals surface area contributed by atoms with Crippen molar-refractivity contribution in [2.75, 3.05) is 0 Å². The van der Waals surface area contributed by atoms with E-state index >= 15 is 0 Å². The van der Waals surface area contributed by atoms with E-state index in [0.717, 1.165) is 33.4 Å². The summed E-state index contributed by atoms with van der Waals surface area (Å²) in [7, 11) is 1.93. The van der Waals surface area contributed by atoms with Crippen molar-refractivity contribution >= 4 is 11.8 Å². The molecular formula is C19H16FN5OS. The minimum atomic E-state index is -0.279. The number of thioether (sulfide) groups is 1. The van der Waals surface area contributed by atoms with Gasteiger partial charge in [-0.2, -0.15) is 0 Å². The third kappa shape index (κ3) is 3.48. The molecule has 0 saturated heterocycles. The Morgan fingerprint density at radius 1 is 1.04 bits per heavy atom. The summed E-state index contributed by atoms with van der Waals surface area (Å²) in [5.74, 6) is 1.75. The van der Waals surface area contributed by atoms with Gasteiger partial charge in [-0.05, 0) is 43.3 Å². The molecule has 0 radical (unpaired) electrons. The zero-order valence-electron chi connectivity index (χ0n) is 14.8. The Bertz CT molecular complexity index is 1060. The monoisotopic (exact) mass is 381 g/mol. The van der Waals surface area contributed by atoms with Gasteiger partial charge >= 0.3 is 0 Å². The fraction of sp³-hybridized carbons (Fsp3) is 0.158. The zero-order chi connectivity index (χ0) is 18.8. The van der Waals surface area contributed by atoms with Crippen LogP contribution in [0.2, 0.25) is 0 Å². The van der Waals surface area contributed by atoms with Crippen molar-refractivity contribution in [1.29, 1.82) is 0 Å². The molecule has 1 aromatic carbocycles. The van der Waals surface area contributed by atoms with Crippen LogP contribution in [-0.4, -0.2) is 24.9 Å². The quantitative estimate of drug-likeness (QED) is 0.481. The van der Waals surface area contributed by atoms with Crippen LogP contribution in [0.5, 0.6) is 0 Å². The summed E-state index contributed by atoms with van der Waals surface area (Å²) in [5, 5.41) is 13.5. The molecule has 0 spiro atoms. The summed E-state index contributed by atoms with van der Waals surface area (Å²) >= 11 is 1.53. The Morgan fingerprint density at radius 2 is 1.78 bits per heavy atom. The van der Waals surface area contributed by atoms with Gasteiger partial charge in [0.1, 0.15) is 5.82 Å². The smallest absolute Gasteiger partial charge is 0.191 e. The molecule has 136 valence electrons. The lowest BCUT2D eigenvalue weighted by molar-refractivity contribution is 0.426. The van der Waals surface area contributed by atoms with Gasteiger partial charge in [-0.1, -0.05) is 16.9 Å². The molecule has 0 aliphatic carbocycles. The summed E-state index contributed by atoms with van der Waals surface area (Å²) in [5.41, 5.74) is 3.53. The van der Waals surface area contributed by atoms with Crippen LogP contribution in [0.1, 0.15) is 11.3 Å². The van der Waals surface area contributed by atoms with Gasteiger partial charge in [-0.15, -0.1) is 10.2 Å². The lowest BCUT2D eigenvalue weighted by Crippen LogP contribution is -1.95. The second-order valence-electron chi connectivity index (χ2n) is 5.98. The summed E-state index contributed by atoms with van der Waals surface area (Å²) in [4.78, 5) is 4.02. The molecule has 0 bridgehead atoms. The van der Waals surface area contributed by atoms with E-state index in [1.54, 1.807) is 24.5 Å². The summed E-state index contributed by atoms with van der Waals surface area (Å²) in [6.07, 6.45) is 3.46. The average Bonchev–Trinajstić information content (AvgIpc) is 3.24. The number of hydrogen-bond acceptors (Lipinski definition) is 6. The van der Waals surface area contributed by atoms with Crippen LogP contribution in [0.25, 0.3) is 22.7 Å². The largest absolute Gasteiger partial charge is 0.356 e. The normalized spacial score (nSPS) is 11.1. The first-order valence-corrected chi connectivity index (χ1v) is 9.25. The lowest BCUT2D eigenvalue weighted by atomic mass is 10.1. The molecule has 27 heavy (non-hydrogen) atoms. The maximum atomic E-state index is 13.1. The first-order chi connectivity index (χ1) is 13.1. The Morgan fingerprint density at radius 3 is 2.52 bits per heavy atom. The molecule has 4 aromatic rings. The van der Waals surface area contributed by atoms with Gasteiger partial charge in [0.2, 0.25) is 0 Å². The molecule has 0 saturated carbocycles. The van der Waals surface area contributed by atoms with E-state index in [1.165, 1.54) is 23.9 Å². The van der Waals surface area contributed by atoms with Crippen molar-refractivity contribution in [2.24, 2.45) is 7.05 Å². The Balaban J connectivity index is 1.52. The van der Waals surface area contributed by atoms with E-state index in [9.17, 15) is 4.39 Å². The first-order valence-electron chi connectivity index (χ1n) is 8.27. The molecule has 0 fully saturated rings. The van der Waals surface area contributed by atoms with Crippen molar-refractivity contribution in [3.05, 3.63) is 65.9 Å². The van der Waals surface area contributed by atoms with Gasteiger partial charge < -0.3 is 9.09 Å². The highest BCUT2D eigenvalue weighted by atomic mass is 32.2. The predicted octanol–water partition coefficient (Wildman–Crippen LogP) is 4.27. The molecule has 0 unspecified atom stereocenters. The standard InChI is InChI=1S/C19H16FN5OS/c1-12-16(24-26-17(12)13-3-5-15(20)6-4-13)11-27-19-23-22-18(25(19)2)14-7-9-21-10-8-14/h3-10H,11H2,1-2H3. The van der Waals surface area contributed by atoms with E-state index in [4.69, 9.17) is 4.52 Å². The van der Waals surface area contributed by atoms with Gasteiger partial charge in [0.15, 0.2) is 16.7 Å². The summed E-state index contributed by atoms with van der Waals surface area (Å²) in [6.45, 7) is 1.95. The number of nitrogens with zero attached hydrogens (tertiary/aromatic N) is 5. The van der Waals surface area contributed by atoms with Gasteiger partial charge in [-0.3, -0.25) is 4.98 Å². The minimum absolute atomic E-state index is 0.279. The molecule has 0 amide bonds. The maximum Gasteiger partial charge on any atom is 0.191 e. The van der Waals surface area contributed by atoms with E-state index in [2.05, 4.69) is 20.3 Å². The van der Waals surface area contributed by atoms with Crippen molar-refractivity contribution in [1.82, 2.24) is 24.9 Å². The van der Waals surface area contributed by atoms with Crippen LogP contribution < -0.4 is 0 Å². The topological polar surface area (TPSA) is 69.6 Å². The van der Waals surface area contributed by atoms with Gasteiger partial charge in [0.05, 0.1) is 5.69 Å². The van der Waals surface area contributed by atoms with Crippen LogP contribution in [-0.2, 0) is 12.8 Å². The first kappa shape index (κ1) is 17.4. The highest BCUT2D eigenvalue weighted by Crippen LogP contribution is 2.30. The summed E-state index contributed by atoms with van der Waals surface area (Å²) < 4.78 is 20.5. The van der Waals surface area contributed by atoms with Crippen molar-refractivity contribution in [2.45, 2.75) is 17.8 Å². The van der Waals surface area contributed by atoms with E-state index in [0.29, 0.717) is 11.5 Å². The molecule has 0 N–H and O–H groups in total. The van der Waals surface area contributed by atoms with Crippen molar-refractivity contribution in [3.8, 4) is 22.7 Å². The zero-order valence-corrected chi connectivity index (χ0v) is 15.6. The van der Waals surface area contributed by atoms with Gasteiger partial charge in [0.25, 0.3) is 0 Å². The second-order valence-corrected chi connectivity index (χ2v) is 6.92. The number of aromatic nitrogens is 5. The number of pyridine rings is 1. The number of rotatable bonds is 5. The van der Waals surface area contributed by atoms with Crippen molar-refractivity contribution < 1.29 is 8.91 Å². The molecule has 0 atom stereocenters. The SMILES string of the molecule is Cc1c(CSc2nnc(-c3ccncc3)n2C)noc1-c1ccc(F)cc1. The number of halogens is 1. The van der Waals surface area contributed by atoms with Crippen LogP contribution in [0, 0.1) is 12.7 Å². The highest BCUT2D eigenvalue weighted by molar-refractivity contribution is 7.98. The van der Waals surface area contributed by atoms with Gasteiger partial charge in [0, 0.05) is 41.9 Å².